The van der Waals surface area contributed by atoms with Crippen molar-refractivity contribution >= 4 is 16.9 Å². The number of nitrogens with zero attached hydrogens (tertiary/aromatic N) is 5. The van der Waals surface area contributed by atoms with Gasteiger partial charge in [-0.1, -0.05) is 48.3 Å². The summed E-state index contributed by atoms with van der Waals surface area (Å²) >= 11 is 0. The van der Waals surface area contributed by atoms with Crippen molar-refractivity contribution in [3.05, 3.63) is 70.9 Å². The summed E-state index contributed by atoms with van der Waals surface area (Å²) in [6.45, 7) is 0.993. The van der Waals surface area contributed by atoms with E-state index in [1.807, 2.05) is 59.5 Å². The van der Waals surface area contributed by atoms with Crippen molar-refractivity contribution in [1.29, 1.82) is 0 Å². The predicted molar refractivity (Wildman–Crippen MR) is 124 cm³/mol. The Bertz CT molecular complexity index is 1320. The van der Waals surface area contributed by atoms with Gasteiger partial charge in [0.1, 0.15) is 0 Å². The fourth-order valence-corrected chi connectivity index (χ4v) is 4.67. The minimum absolute atomic E-state index is 0.00722. The summed E-state index contributed by atoms with van der Waals surface area (Å²) < 4.78 is 8.83. The van der Waals surface area contributed by atoms with Gasteiger partial charge >= 0.3 is 5.69 Å². The van der Waals surface area contributed by atoms with Crippen LogP contribution in [0.1, 0.15) is 44.0 Å². The molecule has 170 valence electrons. The van der Waals surface area contributed by atoms with Gasteiger partial charge < -0.3 is 9.42 Å². The van der Waals surface area contributed by atoms with Gasteiger partial charge in [0.25, 0.3) is 5.89 Å². The number of benzene rings is 2. The lowest BCUT2D eigenvalue weighted by Gasteiger charge is -2.28. The predicted octanol–water partition coefficient (Wildman–Crippen LogP) is 3.92. The lowest BCUT2D eigenvalue weighted by atomic mass is 10.1. The van der Waals surface area contributed by atoms with E-state index >= 15 is 0 Å². The molecule has 0 N–H and O–H groups in total. The molecule has 5 rings (SSSR count). The van der Waals surface area contributed by atoms with Gasteiger partial charge in [-0.25, -0.2) is 4.79 Å². The maximum Gasteiger partial charge on any atom is 0.328 e. The largest absolute Gasteiger partial charge is 0.334 e. The molecule has 0 saturated carbocycles. The zero-order valence-corrected chi connectivity index (χ0v) is 18.7. The summed E-state index contributed by atoms with van der Waals surface area (Å²) in [6.07, 6.45) is 4.06. The van der Waals surface area contributed by atoms with Crippen molar-refractivity contribution in [1.82, 2.24) is 24.2 Å². The molecule has 1 aliphatic rings. The summed E-state index contributed by atoms with van der Waals surface area (Å²) in [5, 5.41) is 4.23. The van der Waals surface area contributed by atoms with Crippen LogP contribution < -0.4 is 5.69 Å². The van der Waals surface area contributed by atoms with Crippen LogP contribution in [-0.4, -0.2) is 36.6 Å². The van der Waals surface area contributed by atoms with Crippen molar-refractivity contribution in [3.8, 4) is 11.5 Å². The first-order valence-corrected chi connectivity index (χ1v) is 11.5. The Balaban J connectivity index is 1.37. The van der Waals surface area contributed by atoms with Crippen LogP contribution in [0.25, 0.3) is 22.5 Å². The summed E-state index contributed by atoms with van der Waals surface area (Å²) in [5.41, 5.74) is 2.46. The number of fused-ring (bicyclic) bond motifs is 1. The van der Waals surface area contributed by atoms with Crippen LogP contribution >= 0.6 is 0 Å². The zero-order chi connectivity index (χ0) is 22.8. The fraction of sp³-hybridized carbons (Fsp3) is 0.360. The molecule has 1 atom stereocenters. The highest BCUT2D eigenvalue weighted by atomic mass is 16.5. The Morgan fingerprint density at radius 2 is 1.79 bits per heavy atom. The summed E-state index contributed by atoms with van der Waals surface area (Å²) in [7, 11) is 1.76. The number of hydrogen-bond acceptors (Lipinski definition) is 5. The molecular weight excluding hydrogens is 418 g/mol. The van der Waals surface area contributed by atoms with Gasteiger partial charge in [0.2, 0.25) is 5.91 Å². The molecule has 3 heterocycles. The van der Waals surface area contributed by atoms with Crippen LogP contribution in [0.5, 0.6) is 0 Å². The van der Waals surface area contributed by atoms with E-state index in [-0.39, 0.29) is 24.1 Å². The third-order valence-corrected chi connectivity index (χ3v) is 6.43. The van der Waals surface area contributed by atoms with E-state index in [9.17, 15) is 9.59 Å². The van der Waals surface area contributed by atoms with E-state index in [2.05, 4.69) is 10.1 Å². The molecule has 0 aliphatic carbocycles. The Labute approximate surface area is 191 Å². The van der Waals surface area contributed by atoms with Crippen molar-refractivity contribution < 1.29 is 9.32 Å². The average Bonchev–Trinajstić information content (AvgIpc) is 3.33. The Kier molecular flexibility index (Phi) is 5.81. The average molecular weight is 446 g/mol. The molecule has 2 aromatic carbocycles. The number of likely N-dealkylation sites (tertiary alicyclic amines) is 1. The number of aryl methyl sites for hydroxylation is 2. The van der Waals surface area contributed by atoms with E-state index in [1.54, 1.807) is 16.2 Å². The van der Waals surface area contributed by atoms with Crippen LogP contribution in [0.3, 0.4) is 0 Å². The molecule has 8 nitrogen and oxygen atoms in total. The third kappa shape index (κ3) is 4.08. The minimum atomic E-state index is -0.217. The Morgan fingerprint density at radius 3 is 2.61 bits per heavy atom. The highest BCUT2D eigenvalue weighted by Gasteiger charge is 2.30. The highest BCUT2D eigenvalue weighted by Crippen LogP contribution is 2.30. The molecule has 0 spiro atoms. The van der Waals surface area contributed by atoms with Gasteiger partial charge in [-0.05, 0) is 37.1 Å². The van der Waals surface area contributed by atoms with E-state index in [1.165, 1.54) is 0 Å². The number of para-hydroxylation sites is 2. The highest BCUT2D eigenvalue weighted by molar-refractivity contribution is 5.78. The minimum Gasteiger partial charge on any atom is -0.334 e. The second-order valence-corrected chi connectivity index (χ2v) is 8.51. The summed E-state index contributed by atoms with van der Waals surface area (Å²) in [5.74, 6) is 1.02. The monoisotopic (exact) mass is 445 g/mol. The smallest absolute Gasteiger partial charge is 0.328 e. The lowest BCUT2D eigenvalue weighted by molar-refractivity contribution is -0.134. The first kappa shape index (κ1) is 21.2. The summed E-state index contributed by atoms with van der Waals surface area (Å²) in [6, 6.07) is 17.1. The second-order valence-electron chi connectivity index (χ2n) is 8.51. The first-order chi connectivity index (χ1) is 16.1. The molecule has 0 radical (unpaired) electrons. The number of aromatic nitrogens is 4. The van der Waals surface area contributed by atoms with Crippen LogP contribution in [0.15, 0.2) is 63.9 Å². The van der Waals surface area contributed by atoms with Gasteiger partial charge in [0.15, 0.2) is 5.82 Å². The van der Waals surface area contributed by atoms with Gasteiger partial charge in [-0.3, -0.25) is 13.9 Å². The molecule has 8 heteroatoms. The third-order valence-electron chi connectivity index (χ3n) is 6.43. The van der Waals surface area contributed by atoms with Crippen molar-refractivity contribution in [2.24, 2.45) is 7.05 Å². The molecule has 1 aliphatic heterocycles. The van der Waals surface area contributed by atoms with E-state index in [4.69, 9.17) is 4.52 Å². The fourth-order valence-electron chi connectivity index (χ4n) is 4.67. The first-order valence-electron chi connectivity index (χ1n) is 11.5. The second kappa shape index (κ2) is 9.05. The standard InChI is InChI=1S/C25H27N5O3/c1-28-19-12-7-8-13-20(19)30(25(28)32)17-15-22(31)29-16-9-3-6-14-21(29)23-26-24(33-27-23)18-10-4-2-5-11-18/h2,4-5,7-8,10-13,21H,3,6,9,14-17H2,1H3/t21-/m0/s1. The van der Waals surface area contributed by atoms with Crippen LogP contribution in [0.4, 0.5) is 0 Å². The molecule has 0 bridgehead atoms. The Hall–Kier alpha value is -3.68. The van der Waals surface area contributed by atoms with E-state index in [0.717, 1.165) is 42.3 Å². The molecule has 1 fully saturated rings. The van der Waals surface area contributed by atoms with Gasteiger partial charge in [0.05, 0.1) is 17.1 Å². The molecular formula is C25H27N5O3. The normalized spacial score (nSPS) is 16.8. The van der Waals surface area contributed by atoms with Gasteiger partial charge in [0, 0.05) is 32.1 Å². The zero-order valence-electron chi connectivity index (χ0n) is 18.7. The molecule has 1 amide bonds. The Morgan fingerprint density at radius 1 is 1.03 bits per heavy atom. The topological polar surface area (TPSA) is 86.2 Å². The van der Waals surface area contributed by atoms with Crippen molar-refractivity contribution in [3.63, 3.8) is 0 Å². The van der Waals surface area contributed by atoms with Crippen LogP contribution in [0.2, 0.25) is 0 Å². The number of hydrogen-bond donors (Lipinski definition) is 0. The molecule has 0 unspecified atom stereocenters. The molecule has 33 heavy (non-hydrogen) atoms. The molecule has 2 aromatic heterocycles. The molecule has 4 aromatic rings. The quantitative estimate of drug-likeness (QED) is 0.465. The number of imidazole rings is 1. The maximum absolute atomic E-state index is 13.4. The summed E-state index contributed by atoms with van der Waals surface area (Å²) in [4.78, 5) is 32.6. The van der Waals surface area contributed by atoms with Crippen LogP contribution in [-0.2, 0) is 18.4 Å². The number of rotatable bonds is 5. The van der Waals surface area contributed by atoms with Crippen molar-refractivity contribution in [2.75, 3.05) is 6.54 Å². The molecule has 1 saturated heterocycles. The SMILES string of the molecule is Cn1c(=O)n(CCC(=O)N2CCCCC[C@H]2c2noc(-c3ccccc3)n2)c2ccccc21. The van der Waals surface area contributed by atoms with Crippen molar-refractivity contribution in [2.45, 2.75) is 44.7 Å². The van der Waals surface area contributed by atoms with Crippen LogP contribution in [0, 0.1) is 0 Å². The van der Waals surface area contributed by atoms with Gasteiger partial charge in [-0.15, -0.1) is 0 Å². The number of amides is 1. The lowest BCUT2D eigenvalue weighted by Crippen LogP contribution is -2.36. The number of carbonyl (C=O) groups is 1. The maximum atomic E-state index is 13.4. The van der Waals surface area contributed by atoms with Gasteiger partial charge in [-0.2, -0.15) is 4.98 Å². The number of carbonyl (C=O) groups excluding carboxylic acids is 1. The van der Waals surface area contributed by atoms with E-state index in [0.29, 0.717) is 24.8 Å². The van der Waals surface area contributed by atoms with E-state index < -0.39 is 0 Å².